The second kappa shape index (κ2) is 7.82. The maximum absolute atomic E-state index is 11.6. The number of hydrogen-bond acceptors (Lipinski definition) is 2. The van der Waals surface area contributed by atoms with Crippen LogP contribution in [0.3, 0.4) is 0 Å². The normalized spacial score (nSPS) is 10.4. The molecule has 2 aromatic heterocycles. The van der Waals surface area contributed by atoms with E-state index in [1.165, 1.54) is 6.92 Å². The van der Waals surface area contributed by atoms with Gasteiger partial charge in [0.15, 0.2) is 5.78 Å². The lowest BCUT2D eigenvalue weighted by molar-refractivity contribution is 0.101. The van der Waals surface area contributed by atoms with Gasteiger partial charge in [0, 0.05) is 41.3 Å². The van der Waals surface area contributed by atoms with E-state index in [-0.39, 0.29) is 5.78 Å². The minimum absolute atomic E-state index is 0.0679. The molecule has 0 aliphatic carbocycles. The van der Waals surface area contributed by atoms with Crippen molar-refractivity contribution in [3.63, 3.8) is 0 Å². The van der Waals surface area contributed by atoms with Crippen LogP contribution in [0.15, 0.2) is 36.5 Å². The number of aromatic nitrogens is 2. The van der Waals surface area contributed by atoms with Gasteiger partial charge in [-0.05, 0) is 42.8 Å². The molecule has 3 aromatic rings. The summed E-state index contributed by atoms with van der Waals surface area (Å²) >= 11 is 12.7. The summed E-state index contributed by atoms with van der Waals surface area (Å²) < 4.78 is 2.02. The second-order valence-electron chi connectivity index (χ2n) is 5.23. The highest BCUT2D eigenvalue weighted by molar-refractivity contribution is 6.38. The van der Waals surface area contributed by atoms with E-state index in [0.29, 0.717) is 22.0 Å². The Morgan fingerprint density at radius 3 is 2.54 bits per heavy atom. The first-order chi connectivity index (χ1) is 11.5. The number of Topliss-reactive ketones (excluding diaryl/α,β-unsaturated/α-hetero) is 1. The first-order valence-electron chi connectivity index (χ1n) is 7.86. The summed E-state index contributed by atoms with van der Waals surface area (Å²) in [5.41, 5.74) is 3.21. The van der Waals surface area contributed by atoms with Crippen LogP contribution in [-0.4, -0.2) is 15.3 Å². The number of benzene rings is 1. The van der Waals surface area contributed by atoms with Crippen LogP contribution in [0.25, 0.3) is 11.0 Å². The molecule has 0 saturated carbocycles. The molecular weight excluding hydrogens is 343 g/mol. The molecule has 3 nitrogen and oxygen atoms in total. The van der Waals surface area contributed by atoms with Crippen molar-refractivity contribution in [3.05, 3.63) is 63.4 Å². The molecule has 24 heavy (non-hydrogen) atoms. The Kier molecular flexibility index (Phi) is 6.03. The number of ketones is 1. The van der Waals surface area contributed by atoms with Gasteiger partial charge in [-0.15, -0.1) is 0 Å². The zero-order chi connectivity index (χ0) is 17.9. The monoisotopic (exact) mass is 362 g/mol. The van der Waals surface area contributed by atoms with Crippen molar-refractivity contribution in [2.75, 3.05) is 0 Å². The molecule has 5 heteroatoms. The summed E-state index contributed by atoms with van der Waals surface area (Å²) in [7, 11) is 1.96. The van der Waals surface area contributed by atoms with Gasteiger partial charge in [0.1, 0.15) is 5.65 Å². The summed E-state index contributed by atoms with van der Waals surface area (Å²) in [6.45, 7) is 5.50. The Morgan fingerprint density at radius 1 is 1.21 bits per heavy atom. The van der Waals surface area contributed by atoms with Crippen molar-refractivity contribution < 1.29 is 4.79 Å². The fraction of sp³-hybridized carbons (Fsp3) is 0.263. The summed E-state index contributed by atoms with van der Waals surface area (Å²) in [4.78, 5) is 16.0. The van der Waals surface area contributed by atoms with Crippen molar-refractivity contribution in [1.29, 1.82) is 0 Å². The number of rotatable bonds is 3. The topological polar surface area (TPSA) is 34.9 Å². The standard InChI is InChI=1S/C17H14Cl2N2O.C2H6/c1-10(22)13-5-6-15(18)14(16(13)19)9-12-8-11-4-3-7-20-17(11)21(12)2;1-2/h3-8H,9H2,1-2H3;1-2H3. The fourth-order valence-corrected chi connectivity index (χ4v) is 3.23. The first kappa shape index (κ1) is 18.5. The molecule has 0 atom stereocenters. The summed E-state index contributed by atoms with van der Waals surface area (Å²) in [5, 5.41) is 2.06. The number of nitrogens with zero attached hydrogens (tertiary/aromatic N) is 2. The van der Waals surface area contributed by atoms with E-state index < -0.39 is 0 Å². The quantitative estimate of drug-likeness (QED) is 0.560. The molecule has 126 valence electrons. The van der Waals surface area contributed by atoms with Crippen molar-refractivity contribution in [1.82, 2.24) is 9.55 Å². The Balaban J connectivity index is 0.00000100. The van der Waals surface area contributed by atoms with Crippen LogP contribution in [-0.2, 0) is 13.5 Å². The molecule has 0 saturated heterocycles. The summed E-state index contributed by atoms with van der Waals surface area (Å²) in [5.74, 6) is -0.0679. The zero-order valence-corrected chi connectivity index (χ0v) is 15.7. The maximum atomic E-state index is 11.6. The Morgan fingerprint density at radius 2 is 1.92 bits per heavy atom. The Bertz CT molecular complexity index is 884. The van der Waals surface area contributed by atoms with Crippen LogP contribution in [0.2, 0.25) is 10.0 Å². The van der Waals surface area contributed by atoms with Crippen LogP contribution in [0.1, 0.15) is 42.4 Å². The van der Waals surface area contributed by atoms with Gasteiger partial charge in [0.25, 0.3) is 0 Å². The summed E-state index contributed by atoms with van der Waals surface area (Å²) in [6, 6.07) is 9.37. The molecule has 0 spiro atoms. The van der Waals surface area contributed by atoms with Gasteiger partial charge < -0.3 is 4.57 Å². The Hall–Kier alpha value is -1.84. The molecule has 1 aromatic carbocycles. The molecule has 0 aliphatic heterocycles. The van der Waals surface area contributed by atoms with Crippen molar-refractivity contribution in [2.45, 2.75) is 27.2 Å². The fourth-order valence-electron chi connectivity index (χ4n) is 2.60. The van der Waals surface area contributed by atoms with E-state index >= 15 is 0 Å². The van der Waals surface area contributed by atoms with Gasteiger partial charge in [-0.2, -0.15) is 0 Å². The molecule has 0 N–H and O–H groups in total. The lowest BCUT2D eigenvalue weighted by Crippen LogP contribution is -2.02. The van der Waals surface area contributed by atoms with Crippen LogP contribution < -0.4 is 0 Å². The van der Waals surface area contributed by atoms with Crippen LogP contribution in [0, 0.1) is 0 Å². The van der Waals surface area contributed by atoms with Gasteiger partial charge in [-0.25, -0.2) is 4.98 Å². The number of carbonyl (C=O) groups excluding carboxylic acids is 1. The van der Waals surface area contributed by atoms with Gasteiger partial charge in [0.05, 0.1) is 5.02 Å². The molecule has 0 bridgehead atoms. The van der Waals surface area contributed by atoms with E-state index in [2.05, 4.69) is 11.1 Å². The van der Waals surface area contributed by atoms with E-state index in [9.17, 15) is 4.79 Å². The number of pyridine rings is 1. The lowest BCUT2D eigenvalue weighted by Gasteiger charge is -2.11. The third-order valence-electron chi connectivity index (χ3n) is 3.81. The average Bonchev–Trinajstić information content (AvgIpc) is 2.89. The Labute approximate surface area is 152 Å². The van der Waals surface area contributed by atoms with Crippen LogP contribution >= 0.6 is 23.2 Å². The molecule has 0 amide bonds. The number of halogens is 2. The van der Waals surface area contributed by atoms with Crippen LogP contribution in [0.4, 0.5) is 0 Å². The van der Waals surface area contributed by atoms with Gasteiger partial charge in [-0.1, -0.05) is 37.0 Å². The highest BCUT2D eigenvalue weighted by Crippen LogP contribution is 2.31. The molecule has 0 unspecified atom stereocenters. The largest absolute Gasteiger partial charge is 0.332 e. The number of aryl methyl sites for hydroxylation is 1. The predicted molar refractivity (Wildman–Crippen MR) is 101 cm³/mol. The van der Waals surface area contributed by atoms with Crippen molar-refractivity contribution >= 4 is 40.0 Å². The molecule has 0 radical (unpaired) electrons. The van der Waals surface area contributed by atoms with Gasteiger partial charge in [-0.3, -0.25) is 4.79 Å². The number of carbonyl (C=O) groups is 1. The number of hydrogen-bond donors (Lipinski definition) is 0. The number of fused-ring (bicyclic) bond motifs is 1. The second-order valence-corrected chi connectivity index (χ2v) is 6.02. The SMILES string of the molecule is CC.CC(=O)c1ccc(Cl)c(Cc2cc3cccnc3n2C)c1Cl. The molecule has 2 heterocycles. The van der Waals surface area contributed by atoms with Crippen LogP contribution in [0.5, 0.6) is 0 Å². The smallest absolute Gasteiger partial charge is 0.161 e. The minimum atomic E-state index is -0.0679. The highest BCUT2D eigenvalue weighted by atomic mass is 35.5. The third kappa shape index (κ3) is 3.47. The van der Waals surface area contributed by atoms with Crippen molar-refractivity contribution in [3.8, 4) is 0 Å². The van der Waals surface area contributed by atoms with Crippen molar-refractivity contribution in [2.24, 2.45) is 7.05 Å². The molecule has 0 fully saturated rings. The average molecular weight is 363 g/mol. The van der Waals surface area contributed by atoms with E-state index in [1.807, 2.05) is 37.6 Å². The van der Waals surface area contributed by atoms with Gasteiger partial charge in [0.2, 0.25) is 0 Å². The maximum Gasteiger partial charge on any atom is 0.161 e. The molecule has 0 aliphatic rings. The highest BCUT2D eigenvalue weighted by Gasteiger charge is 2.16. The first-order valence-corrected chi connectivity index (χ1v) is 8.61. The molecular formula is C19H20Cl2N2O. The molecule has 3 rings (SSSR count). The predicted octanol–water partition coefficient (Wildman–Crippen LogP) is 5.70. The third-order valence-corrected chi connectivity index (χ3v) is 4.60. The van der Waals surface area contributed by atoms with E-state index in [1.54, 1.807) is 18.3 Å². The zero-order valence-electron chi connectivity index (χ0n) is 14.2. The van der Waals surface area contributed by atoms with E-state index in [4.69, 9.17) is 23.2 Å². The lowest BCUT2D eigenvalue weighted by atomic mass is 10.0. The van der Waals surface area contributed by atoms with Gasteiger partial charge >= 0.3 is 0 Å². The van der Waals surface area contributed by atoms with E-state index in [0.717, 1.165) is 22.3 Å². The minimum Gasteiger partial charge on any atom is -0.332 e. The summed E-state index contributed by atoms with van der Waals surface area (Å²) in [6.07, 6.45) is 2.31.